The average Bonchev–Trinajstić information content (AvgIpc) is 2.62. The molecule has 0 saturated heterocycles. The molecule has 2 amide bonds. The number of carboxylic acid groups (broad SMARTS) is 1. The minimum Gasteiger partial charge on any atom is -0.481 e. The van der Waals surface area contributed by atoms with E-state index in [1.807, 2.05) is 13.8 Å². The second-order valence-corrected chi connectivity index (χ2v) is 5.78. The molecule has 0 bridgehead atoms. The van der Waals surface area contributed by atoms with Gasteiger partial charge in [0.2, 0.25) is 0 Å². The van der Waals surface area contributed by atoms with E-state index in [0.717, 1.165) is 0 Å². The number of nitrogens with one attached hydrogen (secondary N) is 1. The fourth-order valence-electron chi connectivity index (χ4n) is 2.59. The number of carboxylic acids is 1. The molecule has 2 N–H and O–H groups in total. The molecule has 0 aliphatic heterocycles. The van der Waals surface area contributed by atoms with Crippen LogP contribution in [0.25, 0.3) is 0 Å². The number of rotatable bonds is 7. The summed E-state index contributed by atoms with van der Waals surface area (Å²) in [6.45, 7) is 5.10. The topological polar surface area (TPSA) is 86.7 Å². The predicted octanol–water partition coefficient (Wildman–Crippen LogP) is 3.05. The lowest BCUT2D eigenvalue weighted by Gasteiger charge is -2.18. The van der Waals surface area contributed by atoms with E-state index in [1.54, 1.807) is 53.4 Å². The summed E-state index contributed by atoms with van der Waals surface area (Å²) >= 11 is 0. The summed E-state index contributed by atoms with van der Waals surface area (Å²) in [4.78, 5) is 37.1. The Balaban J connectivity index is 2.08. The van der Waals surface area contributed by atoms with Crippen LogP contribution < -0.4 is 5.32 Å². The van der Waals surface area contributed by atoms with Crippen molar-refractivity contribution in [2.24, 2.45) is 0 Å². The van der Waals surface area contributed by atoms with Crippen molar-refractivity contribution in [1.29, 1.82) is 0 Å². The van der Waals surface area contributed by atoms with Crippen LogP contribution in [0.1, 0.15) is 40.1 Å². The molecule has 0 aliphatic rings. The zero-order valence-electron chi connectivity index (χ0n) is 14.9. The molecule has 6 nitrogen and oxygen atoms in total. The molecule has 0 aliphatic carbocycles. The van der Waals surface area contributed by atoms with Crippen molar-refractivity contribution in [3.8, 4) is 0 Å². The summed E-state index contributed by atoms with van der Waals surface area (Å²) in [6, 6.07) is 13.2. The van der Waals surface area contributed by atoms with Crippen molar-refractivity contribution in [2.75, 3.05) is 18.4 Å². The van der Waals surface area contributed by atoms with E-state index in [4.69, 9.17) is 5.11 Å². The summed E-state index contributed by atoms with van der Waals surface area (Å²) in [5, 5.41) is 11.6. The fraction of sp³-hybridized carbons (Fsp3) is 0.250. The number of aliphatic carboxylic acids is 1. The van der Waals surface area contributed by atoms with Gasteiger partial charge in [0.05, 0.1) is 6.42 Å². The maximum atomic E-state index is 12.4. The van der Waals surface area contributed by atoms with Gasteiger partial charge in [-0.1, -0.05) is 12.1 Å². The molecule has 0 atom stereocenters. The lowest BCUT2D eigenvalue weighted by Crippen LogP contribution is -2.30. The highest BCUT2D eigenvalue weighted by Crippen LogP contribution is 2.14. The molecule has 0 fully saturated rings. The number of hydrogen-bond acceptors (Lipinski definition) is 3. The third-order valence-corrected chi connectivity index (χ3v) is 3.98. The fourth-order valence-corrected chi connectivity index (χ4v) is 2.59. The van der Waals surface area contributed by atoms with Crippen LogP contribution in [0.15, 0.2) is 48.5 Å². The van der Waals surface area contributed by atoms with Crippen molar-refractivity contribution in [3.63, 3.8) is 0 Å². The number of carbonyl (C=O) groups is 3. The van der Waals surface area contributed by atoms with Crippen LogP contribution in [0.4, 0.5) is 5.69 Å². The first-order valence-corrected chi connectivity index (χ1v) is 8.46. The zero-order valence-corrected chi connectivity index (χ0v) is 14.9. The Morgan fingerprint density at radius 1 is 0.962 bits per heavy atom. The van der Waals surface area contributed by atoms with Gasteiger partial charge in [0.15, 0.2) is 0 Å². The van der Waals surface area contributed by atoms with Gasteiger partial charge in [-0.3, -0.25) is 14.4 Å². The second kappa shape index (κ2) is 8.80. The first-order chi connectivity index (χ1) is 12.4. The summed E-state index contributed by atoms with van der Waals surface area (Å²) in [5.74, 6) is -1.32. The smallest absolute Gasteiger partial charge is 0.307 e. The van der Waals surface area contributed by atoms with Gasteiger partial charge < -0.3 is 15.3 Å². The molecule has 0 aromatic heterocycles. The molecule has 0 unspecified atom stereocenters. The highest BCUT2D eigenvalue weighted by atomic mass is 16.4. The van der Waals surface area contributed by atoms with E-state index in [1.165, 1.54) is 0 Å². The second-order valence-electron chi connectivity index (χ2n) is 5.78. The van der Waals surface area contributed by atoms with Crippen molar-refractivity contribution in [1.82, 2.24) is 4.90 Å². The number of nitrogens with zero attached hydrogens (tertiary/aromatic N) is 1. The number of anilines is 1. The van der Waals surface area contributed by atoms with Gasteiger partial charge >= 0.3 is 5.97 Å². The Kier molecular flexibility index (Phi) is 6.49. The maximum absolute atomic E-state index is 12.4. The Bertz CT molecular complexity index is 796. The molecule has 6 heteroatoms. The van der Waals surface area contributed by atoms with E-state index < -0.39 is 5.97 Å². The standard InChI is InChI=1S/C20H22N2O4/c1-3-22(4-2)20(26)16-10-8-15(9-11-16)19(25)21-17-7-5-6-14(12-17)13-18(23)24/h5-12H,3-4,13H2,1-2H3,(H,21,25)(H,23,24). The number of carbonyl (C=O) groups excluding carboxylic acids is 2. The van der Waals surface area contributed by atoms with Crippen molar-refractivity contribution in [3.05, 3.63) is 65.2 Å². The molecule has 0 spiro atoms. The van der Waals surface area contributed by atoms with Crippen LogP contribution in [-0.2, 0) is 11.2 Å². The molecular formula is C20H22N2O4. The molecule has 0 radical (unpaired) electrons. The SMILES string of the molecule is CCN(CC)C(=O)c1ccc(C(=O)Nc2cccc(CC(=O)O)c2)cc1. The Hall–Kier alpha value is -3.15. The van der Waals surface area contributed by atoms with Crippen LogP contribution in [0.2, 0.25) is 0 Å². The summed E-state index contributed by atoms with van der Waals surface area (Å²) in [5.41, 5.74) is 2.09. The summed E-state index contributed by atoms with van der Waals surface area (Å²) in [6.07, 6.45) is -0.105. The average molecular weight is 354 g/mol. The van der Waals surface area contributed by atoms with Gasteiger partial charge in [-0.15, -0.1) is 0 Å². The summed E-state index contributed by atoms with van der Waals surface area (Å²) < 4.78 is 0. The highest BCUT2D eigenvalue weighted by molar-refractivity contribution is 6.05. The van der Waals surface area contributed by atoms with E-state index in [9.17, 15) is 14.4 Å². The van der Waals surface area contributed by atoms with Gasteiger partial charge in [0.25, 0.3) is 11.8 Å². The quantitative estimate of drug-likeness (QED) is 0.800. The van der Waals surface area contributed by atoms with E-state index in [0.29, 0.717) is 35.5 Å². The van der Waals surface area contributed by atoms with Crippen molar-refractivity contribution >= 4 is 23.5 Å². The van der Waals surface area contributed by atoms with Crippen molar-refractivity contribution < 1.29 is 19.5 Å². The molecule has 2 aromatic carbocycles. The minimum absolute atomic E-state index is 0.0664. The lowest BCUT2D eigenvalue weighted by atomic mass is 10.1. The maximum Gasteiger partial charge on any atom is 0.307 e. The van der Waals surface area contributed by atoms with Gasteiger partial charge in [0, 0.05) is 29.9 Å². The van der Waals surface area contributed by atoms with E-state index in [2.05, 4.69) is 5.32 Å². The zero-order chi connectivity index (χ0) is 19.1. The molecule has 2 rings (SSSR count). The third kappa shape index (κ3) is 4.92. The van der Waals surface area contributed by atoms with Gasteiger partial charge in [-0.2, -0.15) is 0 Å². The molecule has 0 heterocycles. The van der Waals surface area contributed by atoms with Crippen LogP contribution >= 0.6 is 0 Å². The largest absolute Gasteiger partial charge is 0.481 e. The minimum atomic E-state index is -0.929. The van der Waals surface area contributed by atoms with E-state index >= 15 is 0 Å². The van der Waals surface area contributed by atoms with Crippen LogP contribution in [0.5, 0.6) is 0 Å². The Labute approximate surface area is 152 Å². The highest BCUT2D eigenvalue weighted by Gasteiger charge is 2.13. The van der Waals surface area contributed by atoms with Crippen LogP contribution in [0, 0.1) is 0 Å². The first-order valence-electron chi connectivity index (χ1n) is 8.46. The van der Waals surface area contributed by atoms with Crippen molar-refractivity contribution in [2.45, 2.75) is 20.3 Å². The number of amides is 2. The monoisotopic (exact) mass is 354 g/mol. The molecule has 0 saturated carbocycles. The van der Waals surface area contributed by atoms with Gasteiger partial charge in [-0.05, 0) is 55.8 Å². The number of benzene rings is 2. The molecule has 26 heavy (non-hydrogen) atoms. The Morgan fingerprint density at radius 2 is 1.58 bits per heavy atom. The normalized spacial score (nSPS) is 10.2. The third-order valence-electron chi connectivity index (χ3n) is 3.98. The van der Waals surface area contributed by atoms with E-state index in [-0.39, 0.29) is 18.2 Å². The molecule has 2 aromatic rings. The lowest BCUT2D eigenvalue weighted by molar-refractivity contribution is -0.136. The van der Waals surface area contributed by atoms with Crippen LogP contribution in [0.3, 0.4) is 0 Å². The number of hydrogen-bond donors (Lipinski definition) is 2. The van der Waals surface area contributed by atoms with Gasteiger partial charge in [0.1, 0.15) is 0 Å². The van der Waals surface area contributed by atoms with Crippen LogP contribution in [-0.4, -0.2) is 40.9 Å². The predicted molar refractivity (Wildman–Crippen MR) is 99.4 cm³/mol. The van der Waals surface area contributed by atoms with Gasteiger partial charge in [-0.25, -0.2) is 0 Å². The molecular weight excluding hydrogens is 332 g/mol. The first kappa shape index (κ1) is 19.2. The molecule has 136 valence electrons. The Morgan fingerprint density at radius 3 is 2.15 bits per heavy atom. The summed E-state index contributed by atoms with van der Waals surface area (Å²) in [7, 11) is 0.